The van der Waals surface area contributed by atoms with Crippen molar-refractivity contribution in [3.8, 4) is 0 Å². The number of carbonyl (C=O) groups excluding carboxylic acids is 1. The molecule has 2 heterocycles. The molecule has 27 heavy (non-hydrogen) atoms. The lowest BCUT2D eigenvalue weighted by atomic mass is 9.97. The molecular formula is C18H23ClN4O3S. The fourth-order valence-corrected chi connectivity index (χ4v) is 4.75. The highest BCUT2D eigenvalue weighted by atomic mass is 35.5. The van der Waals surface area contributed by atoms with Gasteiger partial charge in [0.15, 0.2) is 0 Å². The Morgan fingerprint density at radius 1 is 1.26 bits per heavy atom. The monoisotopic (exact) mass is 410 g/mol. The molecule has 0 unspecified atom stereocenters. The number of aryl methyl sites for hydroxylation is 1. The van der Waals surface area contributed by atoms with Gasteiger partial charge >= 0.3 is 0 Å². The highest BCUT2D eigenvalue weighted by Gasteiger charge is 2.32. The lowest BCUT2D eigenvalue weighted by molar-refractivity contribution is -0.126. The molecule has 2 aromatic rings. The zero-order valence-corrected chi connectivity index (χ0v) is 16.9. The van der Waals surface area contributed by atoms with E-state index in [1.165, 1.54) is 16.4 Å². The Hall–Kier alpha value is -1.90. The first-order valence-corrected chi connectivity index (χ1v) is 10.6. The minimum Gasteiger partial charge on any atom is -0.352 e. The lowest BCUT2D eigenvalue weighted by Crippen LogP contribution is -2.42. The summed E-state index contributed by atoms with van der Waals surface area (Å²) in [5.41, 5.74) is 1.99. The molecule has 1 aliphatic rings. The SMILES string of the molecule is Cc1c(CNC(=O)C2CCN(S(=O)(=O)c3ccc(Cl)cc3)CC2)cnn1C. The van der Waals surface area contributed by atoms with Crippen LogP contribution in [-0.4, -0.2) is 41.5 Å². The van der Waals surface area contributed by atoms with E-state index in [2.05, 4.69) is 10.4 Å². The van der Waals surface area contributed by atoms with E-state index in [9.17, 15) is 13.2 Å². The number of amides is 1. The number of halogens is 1. The van der Waals surface area contributed by atoms with E-state index in [4.69, 9.17) is 11.6 Å². The average molecular weight is 411 g/mol. The van der Waals surface area contributed by atoms with Crippen LogP contribution in [0, 0.1) is 12.8 Å². The molecule has 1 aromatic carbocycles. The van der Waals surface area contributed by atoms with Crippen molar-refractivity contribution in [3.63, 3.8) is 0 Å². The molecule has 0 aliphatic carbocycles. The number of aromatic nitrogens is 2. The second-order valence-electron chi connectivity index (χ2n) is 6.73. The average Bonchev–Trinajstić information content (AvgIpc) is 2.98. The van der Waals surface area contributed by atoms with Gasteiger partial charge in [0, 0.05) is 48.9 Å². The summed E-state index contributed by atoms with van der Waals surface area (Å²) in [6.45, 7) is 3.04. The Balaban J connectivity index is 1.55. The molecule has 1 N–H and O–H groups in total. The molecule has 0 bridgehead atoms. The summed E-state index contributed by atoms with van der Waals surface area (Å²) in [6, 6.07) is 6.14. The van der Waals surface area contributed by atoms with Crippen LogP contribution < -0.4 is 5.32 Å². The van der Waals surface area contributed by atoms with Crippen molar-refractivity contribution < 1.29 is 13.2 Å². The van der Waals surface area contributed by atoms with Gasteiger partial charge in [-0.1, -0.05) is 11.6 Å². The van der Waals surface area contributed by atoms with Crippen LogP contribution >= 0.6 is 11.6 Å². The molecule has 9 heteroatoms. The number of sulfonamides is 1. The summed E-state index contributed by atoms with van der Waals surface area (Å²) in [5.74, 6) is -0.222. The third-order valence-corrected chi connectivity index (χ3v) is 7.23. The standard InChI is InChI=1S/C18H23ClN4O3S/c1-13-15(12-21-22(13)2)11-20-18(24)14-7-9-23(10-8-14)27(25,26)17-5-3-16(19)4-6-17/h3-6,12,14H,7-11H2,1-2H3,(H,20,24). The van der Waals surface area contributed by atoms with Gasteiger partial charge in [-0.05, 0) is 44.0 Å². The summed E-state index contributed by atoms with van der Waals surface area (Å²) in [6.07, 6.45) is 2.76. The van der Waals surface area contributed by atoms with E-state index >= 15 is 0 Å². The number of hydrogen-bond acceptors (Lipinski definition) is 4. The lowest BCUT2D eigenvalue weighted by Gasteiger charge is -2.30. The fraction of sp³-hybridized carbons (Fsp3) is 0.444. The van der Waals surface area contributed by atoms with E-state index in [0.29, 0.717) is 37.5 Å². The van der Waals surface area contributed by atoms with Crippen molar-refractivity contribution in [2.75, 3.05) is 13.1 Å². The Morgan fingerprint density at radius 2 is 1.89 bits per heavy atom. The number of hydrogen-bond donors (Lipinski definition) is 1. The fourth-order valence-electron chi connectivity index (χ4n) is 3.16. The van der Waals surface area contributed by atoms with Gasteiger partial charge in [0.05, 0.1) is 11.1 Å². The third kappa shape index (κ3) is 4.34. The minimum absolute atomic E-state index is 0.0400. The Labute approximate surface area is 164 Å². The maximum Gasteiger partial charge on any atom is 0.243 e. The number of carbonyl (C=O) groups is 1. The predicted octanol–water partition coefficient (Wildman–Crippen LogP) is 2.10. The van der Waals surface area contributed by atoms with E-state index in [0.717, 1.165) is 11.3 Å². The molecule has 1 amide bonds. The molecule has 1 saturated heterocycles. The van der Waals surface area contributed by atoms with Crippen molar-refractivity contribution in [2.24, 2.45) is 13.0 Å². The summed E-state index contributed by atoms with van der Waals surface area (Å²) in [7, 11) is -1.70. The number of rotatable bonds is 5. The van der Waals surface area contributed by atoms with Gasteiger partial charge < -0.3 is 5.32 Å². The van der Waals surface area contributed by atoms with Crippen molar-refractivity contribution >= 4 is 27.5 Å². The molecule has 0 atom stereocenters. The second-order valence-corrected chi connectivity index (χ2v) is 9.10. The zero-order chi connectivity index (χ0) is 19.6. The number of nitrogens with one attached hydrogen (secondary N) is 1. The van der Waals surface area contributed by atoms with Gasteiger partial charge in [-0.25, -0.2) is 8.42 Å². The first-order valence-electron chi connectivity index (χ1n) is 8.80. The first kappa shape index (κ1) is 19.9. The Morgan fingerprint density at radius 3 is 2.44 bits per heavy atom. The van der Waals surface area contributed by atoms with Gasteiger partial charge in [-0.2, -0.15) is 9.40 Å². The molecule has 146 valence electrons. The largest absolute Gasteiger partial charge is 0.352 e. The molecule has 1 fully saturated rings. The molecule has 7 nitrogen and oxygen atoms in total. The van der Waals surface area contributed by atoms with Crippen LogP contribution in [0.25, 0.3) is 0 Å². The first-order chi connectivity index (χ1) is 12.8. The van der Waals surface area contributed by atoms with Crippen LogP contribution in [0.4, 0.5) is 0 Å². The van der Waals surface area contributed by atoms with Crippen molar-refractivity contribution in [2.45, 2.75) is 31.2 Å². The van der Waals surface area contributed by atoms with Crippen LogP contribution in [-0.2, 0) is 28.4 Å². The van der Waals surface area contributed by atoms with Gasteiger partial charge in [-0.15, -0.1) is 0 Å². The molecule has 0 radical (unpaired) electrons. The van der Waals surface area contributed by atoms with Crippen molar-refractivity contribution in [1.29, 1.82) is 0 Å². The molecule has 1 aliphatic heterocycles. The van der Waals surface area contributed by atoms with Gasteiger partial charge in [-0.3, -0.25) is 9.48 Å². The summed E-state index contributed by atoms with van der Waals surface area (Å²) < 4.78 is 28.6. The van der Waals surface area contributed by atoms with Crippen LogP contribution in [0.2, 0.25) is 5.02 Å². The van der Waals surface area contributed by atoms with E-state index < -0.39 is 10.0 Å². The number of piperidine rings is 1. The van der Waals surface area contributed by atoms with Gasteiger partial charge in [0.25, 0.3) is 0 Å². The second kappa shape index (κ2) is 8.00. The third-order valence-electron chi connectivity index (χ3n) is 5.07. The highest BCUT2D eigenvalue weighted by Crippen LogP contribution is 2.25. The summed E-state index contributed by atoms with van der Waals surface area (Å²) >= 11 is 5.83. The van der Waals surface area contributed by atoms with Gasteiger partial charge in [0.2, 0.25) is 15.9 Å². The van der Waals surface area contributed by atoms with E-state index in [1.807, 2.05) is 14.0 Å². The van der Waals surface area contributed by atoms with Crippen molar-refractivity contribution in [3.05, 3.63) is 46.7 Å². The molecule has 1 aromatic heterocycles. The number of benzene rings is 1. The topological polar surface area (TPSA) is 84.3 Å². The molecule has 0 spiro atoms. The normalized spacial score (nSPS) is 16.4. The quantitative estimate of drug-likeness (QED) is 0.818. The van der Waals surface area contributed by atoms with E-state index in [1.54, 1.807) is 23.0 Å². The molecule has 3 rings (SSSR count). The smallest absolute Gasteiger partial charge is 0.243 e. The maximum absolute atomic E-state index is 12.7. The van der Waals surface area contributed by atoms with Crippen molar-refractivity contribution in [1.82, 2.24) is 19.4 Å². The van der Waals surface area contributed by atoms with Crippen LogP contribution in [0.15, 0.2) is 35.4 Å². The van der Waals surface area contributed by atoms with E-state index in [-0.39, 0.29) is 16.7 Å². The predicted molar refractivity (Wildman–Crippen MR) is 103 cm³/mol. The molecule has 0 saturated carbocycles. The summed E-state index contributed by atoms with van der Waals surface area (Å²) in [5, 5.41) is 7.59. The molecular weight excluding hydrogens is 388 g/mol. The zero-order valence-electron chi connectivity index (χ0n) is 15.4. The summed E-state index contributed by atoms with van der Waals surface area (Å²) in [4.78, 5) is 12.7. The van der Waals surface area contributed by atoms with Gasteiger partial charge in [0.1, 0.15) is 0 Å². The van der Waals surface area contributed by atoms with Crippen LogP contribution in [0.3, 0.4) is 0 Å². The minimum atomic E-state index is -3.55. The van der Waals surface area contributed by atoms with Crippen LogP contribution in [0.1, 0.15) is 24.1 Å². The maximum atomic E-state index is 12.7. The number of nitrogens with zero attached hydrogens (tertiary/aromatic N) is 3. The van der Waals surface area contributed by atoms with Crippen LogP contribution in [0.5, 0.6) is 0 Å². The Kier molecular flexibility index (Phi) is 5.88. The highest BCUT2D eigenvalue weighted by molar-refractivity contribution is 7.89. The Bertz CT molecular complexity index is 917.